The summed E-state index contributed by atoms with van der Waals surface area (Å²) in [6.07, 6.45) is 6.75. The van der Waals surface area contributed by atoms with Gasteiger partial charge in [0.1, 0.15) is 5.82 Å². The predicted octanol–water partition coefficient (Wildman–Crippen LogP) is 4.74. The molecule has 1 aliphatic heterocycles. The molecule has 1 heterocycles. The standard InChI is InChI=1S/C32H37FN4O3/c1-20(2)19-24(32(31(34)40)16-7-8-17-32)29(38)36-28-30(39)37(18-15-21-13-14-21)26-12-6-4-10-23(26)27(35-28)22-9-3-5-11-25(22)33/h3-12,20-21,24,28H,13-19H2,1-2H3,(H2,34,40)(H,36,38)/t24-,28+/m0/s1. The zero-order valence-corrected chi connectivity index (χ0v) is 23.1. The Kier molecular flexibility index (Phi) is 7.88. The second kappa shape index (κ2) is 11.4. The smallest absolute Gasteiger partial charge is 0.272 e. The lowest BCUT2D eigenvalue weighted by atomic mass is 9.69. The van der Waals surface area contributed by atoms with Gasteiger partial charge in [0.05, 0.1) is 22.7 Å². The van der Waals surface area contributed by atoms with Crippen LogP contribution in [0.15, 0.2) is 65.7 Å². The number of amides is 3. The largest absolute Gasteiger partial charge is 0.369 e. The summed E-state index contributed by atoms with van der Waals surface area (Å²) in [5, 5.41) is 2.88. The second-order valence-corrected chi connectivity index (χ2v) is 11.7. The van der Waals surface area contributed by atoms with Gasteiger partial charge in [-0.1, -0.05) is 69.2 Å². The van der Waals surface area contributed by atoms with Crippen LogP contribution in [-0.2, 0) is 14.4 Å². The Balaban J connectivity index is 1.57. The summed E-state index contributed by atoms with van der Waals surface area (Å²) in [4.78, 5) is 47.3. The number of nitrogens with one attached hydrogen (secondary N) is 1. The molecule has 0 unspecified atom stereocenters. The maximum Gasteiger partial charge on any atom is 0.272 e. The summed E-state index contributed by atoms with van der Waals surface area (Å²) in [6, 6.07) is 13.7. The van der Waals surface area contributed by atoms with Crippen LogP contribution in [-0.4, -0.2) is 36.1 Å². The summed E-state index contributed by atoms with van der Waals surface area (Å²) < 4.78 is 15.1. The number of fused-ring (bicyclic) bond motifs is 1. The Morgan fingerprint density at radius 2 is 1.73 bits per heavy atom. The number of benzene rings is 2. The van der Waals surface area contributed by atoms with Crippen molar-refractivity contribution >= 4 is 29.1 Å². The number of para-hydroxylation sites is 1. The molecule has 7 nitrogen and oxygen atoms in total. The molecular weight excluding hydrogens is 507 g/mol. The number of halogens is 1. The highest BCUT2D eigenvalue weighted by Gasteiger charge is 2.49. The van der Waals surface area contributed by atoms with E-state index in [0.29, 0.717) is 48.7 Å². The highest BCUT2D eigenvalue weighted by atomic mass is 19.1. The van der Waals surface area contributed by atoms with Gasteiger partial charge in [0.2, 0.25) is 18.0 Å². The number of nitrogens with zero attached hydrogens (tertiary/aromatic N) is 2. The molecule has 0 spiro atoms. The number of carbonyl (C=O) groups excluding carboxylic acids is 3. The number of primary amides is 1. The Hall–Kier alpha value is -3.81. The number of hydrogen-bond donors (Lipinski definition) is 2. The highest BCUT2D eigenvalue weighted by Crippen LogP contribution is 2.44. The van der Waals surface area contributed by atoms with Crippen LogP contribution in [0.4, 0.5) is 10.1 Å². The molecule has 0 radical (unpaired) electrons. The quantitative estimate of drug-likeness (QED) is 0.422. The first-order chi connectivity index (χ1) is 19.2. The van der Waals surface area contributed by atoms with Crippen LogP contribution in [0, 0.1) is 29.0 Å². The third kappa shape index (κ3) is 5.44. The third-order valence-electron chi connectivity index (χ3n) is 8.39. The summed E-state index contributed by atoms with van der Waals surface area (Å²) in [7, 11) is 0. The molecule has 210 valence electrons. The first-order valence-electron chi connectivity index (χ1n) is 14.2. The minimum absolute atomic E-state index is 0.106. The van der Waals surface area contributed by atoms with Crippen LogP contribution in [0.1, 0.15) is 63.5 Å². The lowest BCUT2D eigenvalue weighted by molar-refractivity contribution is -0.141. The topological polar surface area (TPSA) is 105 Å². The molecule has 40 heavy (non-hydrogen) atoms. The number of rotatable bonds is 10. The van der Waals surface area contributed by atoms with E-state index in [1.165, 1.54) is 6.07 Å². The fraction of sp³-hybridized carbons (Fsp3) is 0.438. The normalized spacial score (nSPS) is 20.6. The molecular formula is C32H37FN4O3. The molecule has 0 saturated heterocycles. The highest BCUT2D eigenvalue weighted by molar-refractivity contribution is 6.20. The molecule has 2 aromatic rings. The van der Waals surface area contributed by atoms with Crippen LogP contribution < -0.4 is 16.0 Å². The van der Waals surface area contributed by atoms with E-state index in [9.17, 15) is 14.4 Å². The van der Waals surface area contributed by atoms with E-state index in [1.807, 2.05) is 50.3 Å². The van der Waals surface area contributed by atoms with E-state index < -0.39 is 35.1 Å². The van der Waals surface area contributed by atoms with Gasteiger partial charge in [0.15, 0.2) is 0 Å². The Labute approximate surface area is 234 Å². The fourth-order valence-corrected chi connectivity index (χ4v) is 5.96. The van der Waals surface area contributed by atoms with Crippen molar-refractivity contribution in [1.29, 1.82) is 0 Å². The van der Waals surface area contributed by atoms with Crippen LogP contribution >= 0.6 is 0 Å². The number of nitrogens with two attached hydrogens (primary N) is 1. The van der Waals surface area contributed by atoms with Crippen molar-refractivity contribution in [3.63, 3.8) is 0 Å². The van der Waals surface area contributed by atoms with Gasteiger partial charge < -0.3 is 16.0 Å². The molecule has 3 aliphatic rings. The molecule has 1 saturated carbocycles. The van der Waals surface area contributed by atoms with Gasteiger partial charge in [0, 0.05) is 17.7 Å². The number of carbonyl (C=O) groups is 3. The van der Waals surface area contributed by atoms with E-state index in [1.54, 1.807) is 23.1 Å². The summed E-state index contributed by atoms with van der Waals surface area (Å²) in [5.74, 6) is -1.89. The number of allylic oxidation sites excluding steroid dienone is 2. The Morgan fingerprint density at radius 3 is 2.35 bits per heavy atom. The molecule has 0 aromatic heterocycles. The van der Waals surface area contributed by atoms with Crippen LogP contribution in [0.2, 0.25) is 0 Å². The molecule has 3 amide bonds. The Morgan fingerprint density at radius 1 is 1.07 bits per heavy atom. The van der Waals surface area contributed by atoms with Gasteiger partial charge in [-0.3, -0.25) is 14.4 Å². The van der Waals surface area contributed by atoms with Crippen molar-refractivity contribution < 1.29 is 18.8 Å². The minimum Gasteiger partial charge on any atom is -0.369 e. The third-order valence-corrected chi connectivity index (χ3v) is 8.39. The van der Waals surface area contributed by atoms with Crippen molar-refractivity contribution in [3.8, 4) is 0 Å². The fourth-order valence-electron chi connectivity index (χ4n) is 5.96. The maximum absolute atomic E-state index is 15.1. The van der Waals surface area contributed by atoms with E-state index in [4.69, 9.17) is 10.7 Å². The van der Waals surface area contributed by atoms with Gasteiger partial charge in [-0.15, -0.1) is 0 Å². The second-order valence-electron chi connectivity index (χ2n) is 11.7. The predicted molar refractivity (Wildman–Crippen MR) is 153 cm³/mol. The molecule has 3 N–H and O–H groups in total. The zero-order valence-electron chi connectivity index (χ0n) is 23.1. The first-order valence-corrected chi connectivity index (χ1v) is 14.2. The number of anilines is 1. The van der Waals surface area contributed by atoms with Gasteiger partial charge in [-0.25, -0.2) is 9.38 Å². The molecule has 2 aromatic carbocycles. The minimum atomic E-state index is -1.29. The van der Waals surface area contributed by atoms with Gasteiger partial charge >= 0.3 is 0 Å². The van der Waals surface area contributed by atoms with Crippen molar-refractivity contribution in [1.82, 2.24) is 5.32 Å². The number of hydrogen-bond acceptors (Lipinski definition) is 4. The monoisotopic (exact) mass is 544 g/mol. The molecule has 8 heteroatoms. The lowest BCUT2D eigenvalue weighted by Crippen LogP contribution is -2.54. The van der Waals surface area contributed by atoms with Crippen molar-refractivity contribution in [2.75, 3.05) is 11.4 Å². The lowest BCUT2D eigenvalue weighted by Gasteiger charge is -2.35. The molecule has 2 atom stereocenters. The average molecular weight is 545 g/mol. The Bertz CT molecular complexity index is 1360. The average Bonchev–Trinajstić information content (AvgIpc) is 3.64. The first kappa shape index (κ1) is 27.7. The van der Waals surface area contributed by atoms with E-state index in [0.717, 1.165) is 19.3 Å². The SMILES string of the molecule is CC(C)C[C@@H](C(=O)N[C@H]1N=C(c2ccccc2F)c2ccccc2N(CCC2CC2)C1=O)C1(C(N)=O)CC=CC1. The van der Waals surface area contributed by atoms with Crippen LogP contribution in [0.3, 0.4) is 0 Å². The molecule has 5 rings (SSSR count). The molecule has 2 aliphatic carbocycles. The van der Waals surface area contributed by atoms with Crippen molar-refractivity contribution in [2.24, 2.45) is 33.9 Å². The van der Waals surface area contributed by atoms with Crippen LogP contribution in [0.25, 0.3) is 0 Å². The van der Waals surface area contributed by atoms with Crippen LogP contribution in [0.5, 0.6) is 0 Å². The van der Waals surface area contributed by atoms with E-state index >= 15 is 4.39 Å². The van der Waals surface area contributed by atoms with E-state index in [2.05, 4.69) is 5.32 Å². The molecule has 0 bridgehead atoms. The summed E-state index contributed by atoms with van der Waals surface area (Å²) in [6.45, 7) is 4.44. The number of aliphatic imine (C=N–C) groups is 1. The van der Waals surface area contributed by atoms with Gasteiger partial charge in [0.25, 0.3) is 5.91 Å². The van der Waals surface area contributed by atoms with Gasteiger partial charge in [-0.2, -0.15) is 0 Å². The zero-order chi connectivity index (χ0) is 28.4. The van der Waals surface area contributed by atoms with E-state index in [-0.39, 0.29) is 17.4 Å². The summed E-state index contributed by atoms with van der Waals surface area (Å²) in [5.41, 5.74) is 6.65. The number of benzodiazepines with no additional fused rings is 1. The maximum atomic E-state index is 15.1. The molecule has 1 fully saturated rings. The van der Waals surface area contributed by atoms with Crippen molar-refractivity contribution in [2.45, 2.75) is 58.5 Å². The summed E-state index contributed by atoms with van der Waals surface area (Å²) >= 11 is 0. The van der Waals surface area contributed by atoms with Gasteiger partial charge in [-0.05, 0) is 55.7 Å². The van der Waals surface area contributed by atoms with Crippen molar-refractivity contribution in [3.05, 3.63) is 77.6 Å².